The van der Waals surface area contributed by atoms with Crippen LogP contribution in [0.2, 0.25) is 0 Å². The molecule has 0 radical (unpaired) electrons. The third-order valence-electron chi connectivity index (χ3n) is 1.95. The van der Waals surface area contributed by atoms with Crippen LogP contribution in [0.4, 0.5) is 0 Å². The van der Waals surface area contributed by atoms with E-state index in [-0.39, 0.29) is 0 Å². The molecule has 1 aliphatic rings. The number of nitrogens with one attached hydrogen (secondary N) is 1. The Morgan fingerprint density at radius 1 is 1.75 bits per heavy atom. The second kappa shape index (κ2) is 2.46. The van der Waals surface area contributed by atoms with Gasteiger partial charge in [0.2, 0.25) is 0 Å². The second-order valence-electron chi connectivity index (χ2n) is 2.56. The first-order valence-electron chi connectivity index (χ1n) is 3.28. The van der Waals surface area contributed by atoms with Gasteiger partial charge in [0.25, 0.3) is 0 Å². The minimum Gasteiger partial charge on any atom is -0.329 e. The first kappa shape index (κ1) is 6.05. The number of hydrogen-bond donors (Lipinski definition) is 2. The number of rotatable bonds is 1. The molecule has 0 bridgehead atoms. The molecular formula is C6H14N2. The van der Waals surface area contributed by atoms with Crippen LogP contribution in [-0.4, -0.2) is 19.1 Å². The molecule has 0 spiro atoms. The fourth-order valence-electron chi connectivity index (χ4n) is 1.21. The van der Waals surface area contributed by atoms with Crippen molar-refractivity contribution in [3.8, 4) is 0 Å². The van der Waals surface area contributed by atoms with Crippen LogP contribution in [-0.2, 0) is 0 Å². The van der Waals surface area contributed by atoms with E-state index in [1.54, 1.807) is 0 Å². The van der Waals surface area contributed by atoms with Gasteiger partial charge in [-0.1, -0.05) is 6.92 Å². The van der Waals surface area contributed by atoms with Crippen LogP contribution >= 0.6 is 0 Å². The van der Waals surface area contributed by atoms with E-state index in [0.717, 1.165) is 19.0 Å². The highest BCUT2D eigenvalue weighted by atomic mass is 15.0. The van der Waals surface area contributed by atoms with Crippen molar-refractivity contribution in [3.05, 3.63) is 0 Å². The first-order valence-corrected chi connectivity index (χ1v) is 3.28. The summed E-state index contributed by atoms with van der Waals surface area (Å²) in [6.07, 6.45) is 1.29. The molecule has 1 aliphatic heterocycles. The summed E-state index contributed by atoms with van der Waals surface area (Å²) < 4.78 is 0. The summed E-state index contributed by atoms with van der Waals surface area (Å²) in [4.78, 5) is 0. The van der Waals surface area contributed by atoms with Crippen LogP contribution in [0.5, 0.6) is 0 Å². The smallest absolute Gasteiger partial charge is 0.0216 e. The van der Waals surface area contributed by atoms with Crippen LogP contribution in [0.15, 0.2) is 0 Å². The van der Waals surface area contributed by atoms with E-state index in [2.05, 4.69) is 12.2 Å². The zero-order valence-electron chi connectivity index (χ0n) is 5.35. The molecule has 0 amide bonds. The van der Waals surface area contributed by atoms with Gasteiger partial charge in [-0.2, -0.15) is 0 Å². The zero-order valence-corrected chi connectivity index (χ0v) is 5.35. The van der Waals surface area contributed by atoms with Gasteiger partial charge in [0.15, 0.2) is 0 Å². The van der Waals surface area contributed by atoms with Gasteiger partial charge < -0.3 is 11.1 Å². The van der Waals surface area contributed by atoms with Crippen molar-refractivity contribution < 1.29 is 0 Å². The Morgan fingerprint density at radius 2 is 2.50 bits per heavy atom. The topological polar surface area (TPSA) is 38.0 Å². The lowest BCUT2D eigenvalue weighted by Gasteiger charge is -2.10. The van der Waals surface area contributed by atoms with Crippen molar-refractivity contribution in [2.75, 3.05) is 13.1 Å². The molecule has 0 aromatic rings. The molecule has 2 unspecified atom stereocenters. The highest BCUT2D eigenvalue weighted by Gasteiger charge is 2.20. The van der Waals surface area contributed by atoms with Crippen LogP contribution in [0, 0.1) is 5.92 Å². The van der Waals surface area contributed by atoms with Crippen molar-refractivity contribution in [1.82, 2.24) is 5.32 Å². The molecule has 0 aromatic heterocycles. The van der Waals surface area contributed by atoms with E-state index in [0.29, 0.717) is 6.04 Å². The molecular weight excluding hydrogens is 100 g/mol. The lowest BCUT2D eigenvalue weighted by atomic mass is 10.0. The third-order valence-corrected chi connectivity index (χ3v) is 1.95. The molecule has 1 heterocycles. The predicted octanol–water partition coefficient (Wildman–Crippen LogP) is -0.0569. The van der Waals surface area contributed by atoms with Crippen molar-refractivity contribution in [2.45, 2.75) is 19.4 Å². The lowest BCUT2D eigenvalue weighted by Crippen LogP contribution is -2.33. The molecule has 0 saturated carbocycles. The third kappa shape index (κ3) is 1.01. The van der Waals surface area contributed by atoms with Crippen molar-refractivity contribution in [1.29, 1.82) is 0 Å². The molecule has 48 valence electrons. The van der Waals surface area contributed by atoms with Gasteiger partial charge in [-0.05, 0) is 18.9 Å². The Hall–Kier alpha value is -0.0800. The van der Waals surface area contributed by atoms with E-state index in [9.17, 15) is 0 Å². The normalized spacial score (nSPS) is 38.2. The quantitative estimate of drug-likeness (QED) is 0.501. The SMILES string of the molecule is CC1CCNC1CN. The average Bonchev–Trinajstić information content (AvgIpc) is 2.14. The van der Waals surface area contributed by atoms with Gasteiger partial charge in [-0.3, -0.25) is 0 Å². The van der Waals surface area contributed by atoms with E-state index >= 15 is 0 Å². The molecule has 1 fully saturated rings. The first-order chi connectivity index (χ1) is 3.84. The van der Waals surface area contributed by atoms with Crippen molar-refractivity contribution >= 4 is 0 Å². The van der Waals surface area contributed by atoms with Gasteiger partial charge >= 0.3 is 0 Å². The van der Waals surface area contributed by atoms with E-state index in [1.807, 2.05) is 0 Å². The monoisotopic (exact) mass is 114 g/mol. The zero-order chi connectivity index (χ0) is 5.98. The molecule has 8 heavy (non-hydrogen) atoms. The molecule has 0 aromatic carbocycles. The molecule has 2 atom stereocenters. The largest absolute Gasteiger partial charge is 0.329 e. The minimum atomic E-state index is 0.593. The Bertz CT molecular complexity index is 72.9. The standard InChI is InChI=1S/C6H14N2/c1-5-2-3-8-6(5)4-7/h5-6,8H,2-4,7H2,1H3. The highest BCUT2D eigenvalue weighted by molar-refractivity contribution is 4.80. The van der Waals surface area contributed by atoms with Gasteiger partial charge in [-0.15, -0.1) is 0 Å². The van der Waals surface area contributed by atoms with Crippen LogP contribution in [0.1, 0.15) is 13.3 Å². The lowest BCUT2D eigenvalue weighted by molar-refractivity contribution is 0.491. The van der Waals surface area contributed by atoms with Crippen LogP contribution < -0.4 is 11.1 Å². The summed E-state index contributed by atoms with van der Waals surface area (Å²) in [7, 11) is 0. The Kier molecular flexibility index (Phi) is 1.86. The van der Waals surface area contributed by atoms with Gasteiger partial charge in [-0.25, -0.2) is 0 Å². The van der Waals surface area contributed by atoms with Gasteiger partial charge in [0, 0.05) is 12.6 Å². The molecule has 0 aliphatic carbocycles. The fourth-order valence-corrected chi connectivity index (χ4v) is 1.21. The second-order valence-corrected chi connectivity index (χ2v) is 2.56. The maximum atomic E-state index is 5.46. The summed E-state index contributed by atoms with van der Waals surface area (Å²) in [6, 6.07) is 0.593. The minimum absolute atomic E-state index is 0.593. The Morgan fingerprint density at radius 3 is 2.75 bits per heavy atom. The maximum absolute atomic E-state index is 5.46. The summed E-state index contributed by atoms with van der Waals surface area (Å²) in [5.41, 5.74) is 5.46. The number of hydrogen-bond acceptors (Lipinski definition) is 2. The molecule has 2 nitrogen and oxygen atoms in total. The van der Waals surface area contributed by atoms with Crippen LogP contribution in [0.3, 0.4) is 0 Å². The van der Waals surface area contributed by atoms with E-state index in [1.165, 1.54) is 6.42 Å². The van der Waals surface area contributed by atoms with Crippen molar-refractivity contribution in [2.24, 2.45) is 11.7 Å². The summed E-state index contributed by atoms with van der Waals surface area (Å²) in [5, 5.41) is 3.33. The summed E-state index contributed by atoms with van der Waals surface area (Å²) in [6.45, 7) is 4.20. The maximum Gasteiger partial charge on any atom is 0.0216 e. The molecule has 2 heteroatoms. The molecule has 3 N–H and O–H groups in total. The average molecular weight is 114 g/mol. The fraction of sp³-hybridized carbons (Fsp3) is 1.00. The van der Waals surface area contributed by atoms with Crippen LogP contribution in [0.25, 0.3) is 0 Å². The van der Waals surface area contributed by atoms with Crippen molar-refractivity contribution in [3.63, 3.8) is 0 Å². The molecule has 1 rings (SSSR count). The summed E-state index contributed by atoms with van der Waals surface area (Å²) in [5.74, 6) is 0.792. The Balaban J connectivity index is 2.30. The Labute approximate surface area is 50.4 Å². The van der Waals surface area contributed by atoms with Gasteiger partial charge in [0.1, 0.15) is 0 Å². The van der Waals surface area contributed by atoms with Gasteiger partial charge in [0.05, 0.1) is 0 Å². The number of nitrogens with two attached hydrogens (primary N) is 1. The van der Waals surface area contributed by atoms with E-state index in [4.69, 9.17) is 5.73 Å². The summed E-state index contributed by atoms with van der Waals surface area (Å²) >= 11 is 0. The van der Waals surface area contributed by atoms with E-state index < -0.39 is 0 Å². The highest BCUT2D eigenvalue weighted by Crippen LogP contribution is 2.12. The molecule has 1 saturated heterocycles. The predicted molar refractivity (Wildman–Crippen MR) is 34.6 cm³/mol.